The van der Waals surface area contributed by atoms with E-state index in [4.69, 9.17) is 16.3 Å². The summed E-state index contributed by atoms with van der Waals surface area (Å²) in [6, 6.07) is 13.0. The van der Waals surface area contributed by atoms with Gasteiger partial charge >= 0.3 is 6.18 Å². The molecule has 1 unspecified atom stereocenters. The van der Waals surface area contributed by atoms with E-state index in [0.717, 1.165) is 6.07 Å². The number of fused-ring (bicyclic) bond motifs is 1. The number of hydrogen-bond donors (Lipinski definition) is 0. The lowest BCUT2D eigenvalue weighted by Crippen LogP contribution is -2.44. The van der Waals surface area contributed by atoms with Gasteiger partial charge in [0, 0.05) is 17.3 Å². The number of halogens is 4. The van der Waals surface area contributed by atoms with Gasteiger partial charge in [-0.15, -0.1) is 0 Å². The SMILES string of the molecule is CC1(C)c2ncccc2C(=O)C(c2c(C(F)(F)F)ccc(Cl)c2OCc2ccccc2)S1(=O)=O. The number of ketones is 1. The third kappa shape index (κ3) is 3.86. The summed E-state index contributed by atoms with van der Waals surface area (Å²) in [6.07, 6.45) is -3.64. The maximum absolute atomic E-state index is 14.1. The van der Waals surface area contributed by atoms with Crippen LogP contribution in [0.15, 0.2) is 60.8 Å². The second-order valence-corrected chi connectivity index (χ2v) is 11.3. The van der Waals surface area contributed by atoms with Gasteiger partial charge in [-0.3, -0.25) is 9.78 Å². The zero-order chi connectivity index (χ0) is 24.9. The Balaban J connectivity index is 1.99. The van der Waals surface area contributed by atoms with E-state index < -0.39 is 48.7 Å². The molecule has 0 bridgehead atoms. The highest BCUT2D eigenvalue weighted by Crippen LogP contribution is 2.52. The number of alkyl halides is 3. The van der Waals surface area contributed by atoms with Crippen LogP contribution in [0, 0.1) is 0 Å². The van der Waals surface area contributed by atoms with Gasteiger partial charge in [0.05, 0.1) is 16.3 Å². The Morgan fingerprint density at radius 2 is 1.74 bits per heavy atom. The smallest absolute Gasteiger partial charge is 0.416 e. The molecule has 1 atom stereocenters. The number of sulfone groups is 1. The molecule has 5 nitrogen and oxygen atoms in total. The lowest BCUT2D eigenvalue weighted by molar-refractivity contribution is -0.138. The van der Waals surface area contributed by atoms with Crippen LogP contribution in [0.3, 0.4) is 0 Å². The molecule has 178 valence electrons. The zero-order valence-electron chi connectivity index (χ0n) is 18.1. The second kappa shape index (κ2) is 8.39. The van der Waals surface area contributed by atoms with Crippen molar-refractivity contribution >= 4 is 27.2 Å². The lowest BCUT2D eigenvalue weighted by atomic mass is 9.92. The standard InChI is InChI=1S/C24H19ClF3NO4S/c1-23(2)22-15(9-6-12-29-22)19(30)21(34(23,31)32)18-16(24(26,27)28)10-11-17(25)20(18)33-13-14-7-4-3-5-8-14/h3-12,21H,13H2,1-2H3. The van der Waals surface area contributed by atoms with E-state index in [1.807, 2.05) is 0 Å². The topological polar surface area (TPSA) is 73.3 Å². The van der Waals surface area contributed by atoms with E-state index >= 15 is 0 Å². The monoisotopic (exact) mass is 509 g/mol. The highest BCUT2D eigenvalue weighted by molar-refractivity contribution is 7.93. The van der Waals surface area contributed by atoms with Crippen molar-refractivity contribution in [2.45, 2.75) is 36.6 Å². The van der Waals surface area contributed by atoms with Gasteiger partial charge in [-0.2, -0.15) is 13.2 Å². The van der Waals surface area contributed by atoms with Gasteiger partial charge in [-0.25, -0.2) is 8.42 Å². The highest BCUT2D eigenvalue weighted by Gasteiger charge is 2.56. The average Bonchev–Trinajstić information content (AvgIpc) is 2.77. The van der Waals surface area contributed by atoms with Crippen molar-refractivity contribution in [2.24, 2.45) is 0 Å². The van der Waals surface area contributed by atoms with Gasteiger partial charge in [-0.05, 0) is 43.7 Å². The third-order valence-electron chi connectivity index (χ3n) is 5.84. The van der Waals surface area contributed by atoms with Crippen LogP contribution in [0.4, 0.5) is 13.2 Å². The number of hydrogen-bond acceptors (Lipinski definition) is 5. The highest BCUT2D eigenvalue weighted by atomic mass is 35.5. The van der Waals surface area contributed by atoms with Gasteiger partial charge < -0.3 is 4.74 Å². The fraction of sp³-hybridized carbons (Fsp3) is 0.250. The van der Waals surface area contributed by atoms with Crippen molar-refractivity contribution in [2.75, 3.05) is 0 Å². The molecule has 4 rings (SSSR count). The number of rotatable bonds is 4. The molecule has 0 N–H and O–H groups in total. The second-order valence-electron chi connectivity index (χ2n) is 8.31. The van der Waals surface area contributed by atoms with Crippen molar-refractivity contribution in [1.29, 1.82) is 0 Å². The first-order valence-electron chi connectivity index (χ1n) is 10.2. The molecule has 0 spiro atoms. The molecule has 34 heavy (non-hydrogen) atoms. The number of benzene rings is 2. The van der Waals surface area contributed by atoms with Crippen LogP contribution in [0.5, 0.6) is 5.75 Å². The first-order chi connectivity index (χ1) is 15.9. The van der Waals surface area contributed by atoms with E-state index in [9.17, 15) is 26.4 Å². The van der Waals surface area contributed by atoms with Crippen molar-refractivity contribution in [1.82, 2.24) is 4.98 Å². The lowest BCUT2D eigenvalue weighted by Gasteiger charge is -2.36. The number of pyridine rings is 1. The molecule has 0 saturated heterocycles. The van der Waals surface area contributed by atoms with E-state index in [2.05, 4.69) is 4.98 Å². The molecule has 1 aromatic heterocycles. The summed E-state index contributed by atoms with van der Waals surface area (Å²) in [5.74, 6) is -1.51. The first kappa shape index (κ1) is 24.2. The van der Waals surface area contributed by atoms with E-state index in [1.54, 1.807) is 30.3 Å². The summed E-state index contributed by atoms with van der Waals surface area (Å²) in [6.45, 7) is 2.45. The molecular formula is C24H19ClF3NO4S. The molecule has 1 aliphatic heterocycles. The van der Waals surface area contributed by atoms with Crippen molar-refractivity contribution in [3.05, 3.63) is 93.8 Å². The fourth-order valence-corrected chi connectivity index (χ4v) is 6.23. The van der Waals surface area contributed by atoms with E-state index in [1.165, 1.54) is 32.2 Å². The van der Waals surface area contributed by atoms with Gasteiger partial charge in [0.2, 0.25) is 0 Å². The Bertz CT molecular complexity index is 1370. The van der Waals surface area contributed by atoms with Crippen molar-refractivity contribution in [3.63, 3.8) is 0 Å². The Hall–Kier alpha value is -2.91. The van der Waals surface area contributed by atoms with Crippen LogP contribution >= 0.6 is 11.6 Å². The minimum absolute atomic E-state index is 0.0152. The van der Waals surface area contributed by atoms with Crippen LogP contribution < -0.4 is 4.74 Å². The Labute approximate surface area is 199 Å². The van der Waals surface area contributed by atoms with Crippen LogP contribution in [0.25, 0.3) is 0 Å². The number of ether oxygens (including phenoxy) is 1. The molecule has 0 radical (unpaired) electrons. The maximum atomic E-state index is 14.1. The predicted molar refractivity (Wildman–Crippen MR) is 120 cm³/mol. The number of aromatic nitrogens is 1. The minimum Gasteiger partial charge on any atom is -0.487 e. The van der Waals surface area contributed by atoms with E-state index in [-0.39, 0.29) is 22.9 Å². The molecule has 10 heteroatoms. The molecular weight excluding hydrogens is 491 g/mol. The normalized spacial score (nSPS) is 18.9. The molecule has 2 aromatic carbocycles. The van der Waals surface area contributed by atoms with Crippen molar-refractivity contribution < 1.29 is 31.1 Å². The molecule has 3 aromatic rings. The van der Waals surface area contributed by atoms with Gasteiger partial charge in [0.15, 0.2) is 20.9 Å². The number of carbonyl (C=O) groups excluding carboxylic acids is 1. The van der Waals surface area contributed by atoms with Crippen molar-refractivity contribution in [3.8, 4) is 5.75 Å². The van der Waals surface area contributed by atoms with E-state index in [0.29, 0.717) is 11.6 Å². The summed E-state index contributed by atoms with van der Waals surface area (Å²) in [4.78, 5) is 17.5. The number of carbonyl (C=O) groups is 1. The third-order valence-corrected chi connectivity index (χ3v) is 8.83. The Morgan fingerprint density at radius 3 is 2.38 bits per heavy atom. The summed E-state index contributed by atoms with van der Waals surface area (Å²) < 4.78 is 73.7. The number of nitrogens with zero attached hydrogens (tertiary/aromatic N) is 1. The molecule has 0 aliphatic carbocycles. The molecule has 2 heterocycles. The van der Waals surface area contributed by atoms with Crippen LogP contribution in [0.2, 0.25) is 5.02 Å². The van der Waals surface area contributed by atoms with Gasteiger partial charge in [0.1, 0.15) is 17.1 Å². The molecule has 0 saturated carbocycles. The van der Waals surface area contributed by atoms with Crippen LogP contribution in [-0.2, 0) is 27.4 Å². The summed E-state index contributed by atoms with van der Waals surface area (Å²) in [5.41, 5.74) is -1.57. The predicted octanol–water partition coefficient (Wildman–Crippen LogP) is 5.92. The first-order valence-corrected chi connectivity index (χ1v) is 12.1. The zero-order valence-corrected chi connectivity index (χ0v) is 19.6. The molecule has 0 amide bonds. The average molecular weight is 510 g/mol. The quantitative estimate of drug-likeness (QED) is 0.436. The van der Waals surface area contributed by atoms with Gasteiger partial charge in [0.25, 0.3) is 0 Å². The van der Waals surface area contributed by atoms with Gasteiger partial charge in [-0.1, -0.05) is 41.9 Å². The summed E-state index contributed by atoms with van der Waals surface area (Å²) >= 11 is 6.24. The minimum atomic E-state index is -4.97. The Morgan fingerprint density at radius 1 is 1.06 bits per heavy atom. The Kier molecular flexibility index (Phi) is 5.98. The molecule has 0 fully saturated rings. The summed E-state index contributed by atoms with van der Waals surface area (Å²) in [7, 11) is -4.57. The van der Waals surface area contributed by atoms with Crippen LogP contribution in [-0.4, -0.2) is 19.2 Å². The largest absolute Gasteiger partial charge is 0.487 e. The summed E-state index contributed by atoms with van der Waals surface area (Å²) in [5, 5.41) is -2.42. The number of Topliss-reactive ketones (excluding diaryl/α,β-unsaturated/α-hetero) is 1. The van der Waals surface area contributed by atoms with Crippen LogP contribution in [0.1, 0.15) is 51.8 Å². The fourth-order valence-electron chi connectivity index (χ4n) is 4.04. The maximum Gasteiger partial charge on any atom is 0.416 e. The molecule has 1 aliphatic rings.